The van der Waals surface area contributed by atoms with Crippen LogP contribution in [0.4, 0.5) is 0 Å². The normalized spacial score (nSPS) is 38.9. The van der Waals surface area contributed by atoms with Crippen LogP contribution in [0.3, 0.4) is 0 Å². The van der Waals surface area contributed by atoms with Gasteiger partial charge in [0, 0.05) is 0 Å². The minimum absolute atomic E-state index is 0.923. The molecule has 0 nitrogen and oxygen atoms in total. The predicted molar refractivity (Wildman–Crippen MR) is 96.9 cm³/mol. The summed E-state index contributed by atoms with van der Waals surface area (Å²) >= 11 is 0. The Bertz CT molecular complexity index is 294. The summed E-state index contributed by atoms with van der Waals surface area (Å²) < 4.78 is 0. The lowest BCUT2D eigenvalue weighted by Gasteiger charge is -2.40. The minimum atomic E-state index is 0.923. The molecule has 0 N–H and O–H groups in total. The molecule has 0 unspecified atom stereocenters. The average molecular weight is 305 g/mol. The van der Waals surface area contributed by atoms with E-state index in [9.17, 15) is 0 Å². The standard InChI is InChI=1S/C22H40/c1-17(2)18-9-11-21(12-10-18)22-15-13-20(14-16-22)19-7-5-3-4-6-8-19/h17-22H,3-16H2,1-2H3. The summed E-state index contributed by atoms with van der Waals surface area (Å²) in [5.74, 6) is 6.40. The summed E-state index contributed by atoms with van der Waals surface area (Å²) in [5, 5.41) is 0. The van der Waals surface area contributed by atoms with E-state index in [1.165, 1.54) is 38.5 Å². The van der Waals surface area contributed by atoms with Crippen molar-refractivity contribution in [1.29, 1.82) is 0 Å². The molecule has 3 aliphatic carbocycles. The second-order valence-corrected chi connectivity index (χ2v) is 9.35. The van der Waals surface area contributed by atoms with Gasteiger partial charge in [0.15, 0.2) is 0 Å². The molecule has 3 saturated carbocycles. The van der Waals surface area contributed by atoms with Crippen molar-refractivity contribution in [2.24, 2.45) is 35.5 Å². The van der Waals surface area contributed by atoms with Gasteiger partial charge in [-0.1, -0.05) is 52.4 Å². The van der Waals surface area contributed by atoms with Gasteiger partial charge in [-0.2, -0.15) is 0 Å². The fourth-order valence-electron chi connectivity index (χ4n) is 6.15. The van der Waals surface area contributed by atoms with E-state index < -0.39 is 0 Å². The maximum absolute atomic E-state index is 2.43. The Hall–Kier alpha value is 0. The molecular weight excluding hydrogens is 264 g/mol. The molecule has 0 amide bonds. The Kier molecular flexibility index (Phi) is 6.28. The van der Waals surface area contributed by atoms with Gasteiger partial charge < -0.3 is 0 Å². The van der Waals surface area contributed by atoms with Crippen LogP contribution in [0, 0.1) is 35.5 Å². The van der Waals surface area contributed by atoms with Gasteiger partial charge in [0.25, 0.3) is 0 Å². The van der Waals surface area contributed by atoms with E-state index in [0.29, 0.717) is 0 Å². The highest BCUT2D eigenvalue weighted by molar-refractivity contribution is 4.85. The summed E-state index contributed by atoms with van der Waals surface area (Å²) in [6.07, 6.45) is 21.7. The van der Waals surface area contributed by atoms with Gasteiger partial charge in [-0.25, -0.2) is 0 Å². The average Bonchev–Trinajstić information content (AvgIpc) is 2.84. The zero-order valence-electron chi connectivity index (χ0n) is 15.4. The molecule has 0 bridgehead atoms. The third-order valence-electron chi connectivity index (χ3n) is 7.81. The Morgan fingerprint density at radius 3 is 1.23 bits per heavy atom. The zero-order valence-corrected chi connectivity index (χ0v) is 15.4. The lowest BCUT2D eigenvalue weighted by Crippen LogP contribution is -2.29. The third kappa shape index (κ3) is 4.30. The maximum atomic E-state index is 2.43. The van der Waals surface area contributed by atoms with Crippen molar-refractivity contribution in [2.45, 2.75) is 104 Å². The van der Waals surface area contributed by atoms with Gasteiger partial charge in [0.2, 0.25) is 0 Å². The highest BCUT2D eigenvalue weighted by Crippen LogP contribution is 2.45. The van der Waals surface area contributed by atoms with Gasteiger partial charge in [-0.3, -0.25) is 0 Å². The van der Waals surface area contributed by atoms with E-state index in [1.54, 1.807) is 51.4 Å². The number of hydrogen-bond acceptors (Lipinski definition) is 0. The summed E-state index contributed by atoms with van der Waals surface area (Å²) in [4.78, 5) is 0. The Morgan fingerprint density at radius 1 is 0.455 bits per heavy atom. The quantitative estimate of drug-likeness (QED) is 0.482. The van der Waals surface area contributed by atoms with E-state index in [1.807, 2.05) is 0 Å². The number of rotatable bonds is 3. The minimum Gasteiger partial charge on any atom is -0.0625 e. The van der Waals surface area contributed by atoms with Crippen molar-refractivity contribution in [1.82, 2.24) is 0 Å². The van der Waals surface area contributed by atoms with Crippen LogP contribution in [-0.4, -0.2) is 0 Å². The molecule has 0 aromatic rings. The molecular formula is C22H40. The summed E-state index contributed by atoms with van der Waals surface area (Å²) in [7, 11) is 0. The summed E-state index contributed by atoms with van der Waals surface area (Å²) in [6.45, 7) is 4.87. The summed E-state index contributed by atoms with van der Waals surface area (Å²) in [5.41, 5.74) is 0. The van der Waals surface area contributed by atoms with Crippen molar-refractivity contribution in [3.63, 3.8) is 0 Å². The molecule has 0 aromatic heterocycles. The largest absolute Gasteiger partial charge is 0.0625 e. The third-order valence-corrected chi connectivity index (χ3v) is 7.81. The maximum Gasteiger partial charge on any atom is -0.0386 e. The molecule has 0 spiro atoms. The van der Waals surface area contributed by atoms with Gasteiger partial charge in [-0.05, 0) is 86.9 Å². The van der Waals surface area contributed by atoms with Gasteiger partial charge in [-0.15, -0.1) is 0 Å². The topological polar surface area (TPSA) is 0 Å². The van der Waals surface area contributed by atoms with Gasteiger partial charge >= 0.3 is 0 Å². The second kappa shape index (κ2) is 8.20. The van der Waals surface area contributed by atoms with Crippen LogP contribution in [0.15, 0.2) is 0 Å². The smallest absolute Gasteiger partial charge is 0.0386 e. The molecule has 0 aliphatic heterocycles. The van der Waals surface area contributed by atoms with Crippen LogP contribution in [-0.2, 0) is 0 Å². The number of hydrogen-bond donors (Lipinski definition) is 0. The molecule has 0 atom stereocenters. The first kappa shape index (κ1) is 16.8. The lowest BCUT2D eigenvalue weighted by molar-refractivity contribution is 0.111. The van der Waals surface area contributed by atoms with E-state index in [4.69, 9.17) is 0 Å². The SMILES string of the molecule is CC(C)C1CCC(C2CCC(C3CCCCCC3)CC2)CC1. The Morgan fingerprint density at radius 2 is 0.818 bits per heavy atom. The Labute approximate surface area is 139 Å². The van der Waals surface area contributed by atoms with Crippen LogP contribution in [0.2, 0.25) is 0 Å². The van der Waals surface area contributed by atoms with E-state index in [2.05, 4.69) is 13.8 Å². The monoisotopic (exact) mass is 304 g/mol. The van der Waals surface area contributed by atoms with E-state index in [-0.39, 0.29) is 0 Å². The molecule has 0 saturated heterocycles. The van der Waals surface area contributed by atoms with Crippen LogP contribution in [0.25, 0.3) is 0 Å². The van der Waals surface area contributed by atoms with Crippen molar-refractivity contribution >= 4 is 0 Å². The lowest BCUT2D eigenvalue weighted by atomic mass is 9.66. The fourth-order valence-corrected chi connectivity index (χ4v) is 6.15. The summed E-state index contributed by atoms with van der Waals surface area (Å²) in [6, 6.07) is 0. The fraction of sp³-hybridized carbons (Fsp3) is 1.00. The molecule has 3 rings (SSSR count). The van der Waals surface area contributed by atoms with Gasteiger partial charge in [0.1, 0.15) is 0 Å². The van der Waals surface area contributed by atoms with Crippen molar-refractivity contribution in [3.8, 4) is 0 Å². The first-order valence-electron chi connectivity index (χ1n) is 10.7. The molecule has 128 valence electrons. The van der Waals surface area contributed by atoms with Crippen molar-refractivity contribution < 1.29 is 0 Å². The van der Waals surface area contributed by atoms with E-state index >= 15 is 0 Å². The first-order valence-corrected chi connectivity index (χ1v) is 10.7. The van der Waals surface area contributed by atoms with Crippen LogP contribution < -0.4 is 0 Å². The van der Waals surface area contributed by atoms with Crippen molar-refractivity contribution in [3.05, 3.63) is 0 Å². The second-order valence-electron chi connectivity index (χ2n) is 9.35. The van der Waals surface area contributed by atoms with Crippen LogP contribution >= 0.6 is 0 Å². The highest BCUT2D eigenvalue weighted by atomic mass is 14.4. The van der Waals surface area contributed by atoms with Crippen LogP contribution in [0.5, 0.6) is 0 Å². The van der Waals surface area contributed by atoms with Crippen molar-refractivity contribution in [2.75, 3.05) is 0 Å². The zero-order chi connectivity index (χ0) is 15.4. The predicted octanol–water partition coefficient (Wildman–Crippen LogP) is 7.23. The van der Waals surface area contributed by atoms with Crippen LogP contribution in [0.1, 0.15) is 104 Å². The molecule has 0 radical (unpaired) electrons. The molecule has 3 aliphatic rings. The first-order chi connectivity index (χ1) is 10.7. The molecule has 0 heterocycles. The Balaban J connectivity index is 1.42. The van der Waals surface area contributed by atoms with Gasteiger partial charge in [0.05, 0.1) is 0 Å². The molecule has 0 aromatic carbocycles. The van der Waals surface area contributed by atoms with E-state index in [0.717, 1.165) is 35.5 Å². The highest BCUT2D eigenvalue weighted by Gasteiger charge is 2.33. The molecule has 0 heteroatoms. The molecule has 22 heavy (non-hydrogen) atoms. The molecule has 3 fully saturated rings.